The molecule has 17 heavy (non-hydrogen) atoms. The van der Waals surface area contributed by atoms with Crippen LogP contribution in [0.25, 0.3) is 0 Å². The lowest BCUT2D eigenvalue weighted by Gasteiger charge is -2.38. The van der Waals surface area contributed by atoms with Crippen LogP contribution >= 0.6 is 0 Å². The summed E-state index contributed by atoms with van der Waals surface area (Å²) in [7, 11) is 0. The molecule has 0 aliphatic carbocycles. The summed E-state index contributed by atoms with van der Waals surface area (Å²) in [6, 6.07) is 8.55. The Balaban J connectivity index is 2.05. The van der Waals surface area contributed by atoms with Crippen molar-refractivity contribution in [3.05, 3.63) is 35.4 Å². The standard InChI is InChI=1S/C15H24N2/c1-15(2)8-5-9-17(12-15)11-14-7-4-3-6-13(14)10-16/h3-4,6-7H,5,8-12,16H2,1-2H3. The first-order valence-electron chi connectivity index (χ1n) is 6.60. The largest absolute Gasteiger partial charge is 0.326 e. The Morgan fingerprint density at radius 3 is 2.59 bits per heavy atom. The van der Waals surface area contributed by atoms with E-state index in [2.05, 4.69) is 43.0 Å². The minimum atomic E-state index is 0.468. The molecule has 2 rings (SSSR count). The summed E-state index contributed by atoms with van der Waals surface area (Å²) in [5, 5.41) is 0. The average molecular weight is 232 g/mol. The van der Waals surface area contributed by atoms with E-state index in [1.807, 2.05) is 0 Å². The molecule has 1 aromatic carbocycles. The van der Waals surface area contributed by atoms with E-state index in [1.165, 1.54) is 37.1 Å². The normalized spacial score (nSPS) is 20.4. The fourth-order valence-electron chi connectivity index (χ4n) is 2.83. The highest BCUT2D eigenvalue weighted by Gasteiger charge is 2.26. The number of hydrogen-bond acceptors (Lipinski definition) is 2. The van der Waals surface area contributed by atoms with Gasteiger partial charge in [0.25, 0.3) is 0 Å². The molecule has 1 aliphatic rings. The Kier molecular flexibility index (Phi) is 3.85. The number of nitrogens with two attached hydrogens (primary N) is 1. The Morgan fingerprint density at radius 1 is 1.24 bits per heavy atom. The molecule has 2 N–H and O–H groups in total. The van der Waals surface area contributed by atoms with Crippen LogP contribution in [0.3, 0.4) is 0 Å². The molecule has 2 heteroatoms. The fraction of sp³-hybridized carbons (Fsp3) is 0.600. The van der Waals surface area contributed by atoms with Gasteiger partial charge < -0.3 is 5.73 Å². The Bertz CT molecular complexity index is 371. The number of nitrogens with zero attached hydrogens (tertiary/aromatic N) is 1. The molecule has 1 saturated heterocycles. The van der Waals surface area contributed by atoms with E-state index in [9.17, 15) is 0 Å². The molecule has 0 bridgehead atoms. The first-order chi connectivity index (χ1) is 8.11. The summed E-state index contributed by atoms with van der Waals surface area (Å²) in [6.07, 6.45) is 2.67. The Morgan fingerprint density at radius 2 is 1.94 bits per heavy atom. The van der Waals surface area contributed by atoms with Gasteiger partial charge in [0.05, 0.1) is 0 Å². The highest BCUT2D eigenvalue weighted by atomic mass is 15.1. The zero-order chi connectivity index (χ0) is 12.3. The monoisotopic (exact) mass is 232 g/mol. The second-order valence-electron chi connectivity index (χ2n) is 5.95. The van der Waals surface area contributed by atoms with Gasteiger partial charge in [-0.2, -0.15) is 0 Å². The van der Waals surface area contributed by atoms with Crippen LogP contribution in [0.15, 0.2) is 24.3 Å². The molecule has 0 aromatic heterocycles. The molecule has 1 aliphatic heterocycles. The second kappa shape index (κ2) is 5.19. The lowest BCUT2D eigenvalue weighted by Crippen LogP contribution is -2.39. The lowest BCUT2D eigenvalue weighted by molar-refractivity contribution is 0.111. The van der Waals surface area contributed by atoms with Gasteiger partial charge in [0, 0.05) is 19.6 Å². The van der Waals surface area contributed by atoms with Crippen molar-refractivity contribution < 1.29 is 0 Å². The third-order valence-corrected chi connectivity index (χ3v) is 3.71. The summed E-state index contributed by atoms with van der Waals surface area (Å²) in [4.78, 5) is 2.57. The predicted octanol–water partition coefficient (Wildman–Crippen LogP) is 2.77. The van der Waals surface area contributed by atoms with E-state index in [0.717, 1.165) is 6.54 Å². The molecule has 94 valence electrons. The topological polar surface area (TPSA) is 29.3 Å². The minimum Gasteiger partial charge on any atom is -0.326 e. The van der Waals surface area contributed by atoms with Crippen LogP contribution in [0.1, 0.15) is 37.8 Å². The molecule has 1 heterocycles. The van der Waals surface area contributed by atoms with Gasteiger partial charge in [0.15, 0.2) is 0 Å². The first-order valence-corrected chi connectivity index (χ1v) is 6.60. The molecular formula is C15H24N2. The molecule has 0 saturated carbocycles. The lowest BCUT2D eigenvalue weighted by atomic mass is 9.84. The maximum absolute atomic E-state index is 5.79. The van der Waals surface area contributed by atoms with Crippen molar-refractivity contribution in [1.82, 2.24) is 4.90 Å². The Hall–Kier alpha value is -0.860. The van der Waals surface area contributed by atoms with E-state index >= 15 is 0 Å². The van der Waals surface area contributed by atoms with Crippen molar-refractivity contribution in [3.63, 3.8) is 0 Å². The first kappa shape index (κ1) is 12.6. The van der Waals surface area contributed by atoms with Crippen LogP contribution in [0.4, 0.5) is 0 Å². The highest BCUT2D eigenvalue weighted by Crippen LogP contribution is 2.29. The van der Waals surface area contributed by atoms with Crippen molar-refractivity contribution in [3.8, 4) is 0 Å². The molecule has 1 aromatic rings. The van der Waals surface area contributed by atoms with Crippen LogP contribution in [-0.4, -0.2) is 18.0 Å². The van der Waals surface area contributed by atoms with Crippen LogP contribution in [-0.2, 0) is 13.1 Å². The van der Waals surface area contributed by atoms with Crippen molar-refractivity contribution in [2.75, 3.05) is 13.1 Å². The summed E-state index contributed by atoms with van der Waals surface area (Å²) in [5.41, 5.74) is 8.94. The van der Waals surface area contributed by atoms with E-state index in [4.69, 9.17) is 5.73 Å². The van der Waals surface area contributed by atoms with Crippen LogP contribution < -0.4 is 5.73 Å². The molecule has 2 nitrogen and oxygen atoms in total. The summed E-state index contributed by atoms with van der Waals surface area (Å²) in [5.74, 6) is 0. The Labute approximate surface area is 105 Å². The van der Waals surface area contributed by atoms with E-state index in [0.29, 0.717) is 12.0 Å². The minimum absolute atomic E-state index is 0.468. The van der Waals surface area contributed by atoms with Crippen LogP contribution in [0.5, 0.6) is 0 Å². The van der Waals surface area contributed by atoms with Gasteiger partial charge >= 0.3 is 0 Å². The van der Waals surface area contributed by atoms with Gasteiger partial charge in [-0.25, -0.2) is 0 Å². The number of hydrogen-bond donors (Lipinski definition) is 1. The third-order valence-electron chi connectivity index (χ3n) is 3.71. The zero-order valence-corrected chi connectivity index (χ0v) is 11.1. The molecule has 0 amide bonds. The smallest absolute Gasteiger partial charge is 0.0237 e. The van der Waals surface area contributed by atoms with Crippen LogP contribution in [0.2, 0.25) is 0 Å². The molecule has 0 spiro atoms. The summed E-state index contributed by atoms with van der Waals surface area (Å²) in [6.45, 7) is 8.86. The SMILES string of the molecule is CC1(C)CCCN(Cc2ccccc2CN)C1. The molecular weight excluding hydrogens is 208 g/mol. The fourth-order valence-corrected chi connectivity index (χ4v) is 2.83. The summed E-state index contributed by atoms with van der Waals surface area (Å²) >= 11 is 0. The number of rotatable bonds is 3. The van der Waals surface area contributed by atoms with Gasteiger partial charge in [-0.3, -0.25) is 4.90 Å². The van der Waals surface area contributed by atoms with Gasteiger partial charge in [0.1, 0.15) is 0 Å². The summed E-state index contributed by atoms with van der Waals surface area (Å²) < 4.78 is 0. The van der Waals surface area contributed by atoms with Gasteiger partial charge in [-0.15, -0.1) is 0 Å². The van der Waals surface area contributed by atoms with E-state index in [-0.39, 0.29) is 0 Å². The second-order valence-corrected chi connectivity index (χ2v) is 5.95. The van der Waals surface area contributed by atoms with Gasteiger partial charge in [-0.1, -0.05) is 38.1 Å². The number of benzene rings is 1. The molecule has 0 radical (unpaired) electrons. The van der Waals surface area contributed by atoms with Crippen LogP contribution in [0, 0.1) is 5.41 Å². The van der Waals surface area contributed by atoms with Crippen molar-refractivity contribution in [1.29, 1.82) is 0 Å². The maximum Gasteiger partial charge on any atom is 0.0237 e. The average Bonchev–Trinajstić information content (AvgIpc) is 2.28. The van der Waals surface area contributed by atoms with E-state index < -0.39 is 0 Å². The highest BCUT2D eigenvalue weighted by molar-refractivity contribution is 5.26. The quantitative estimate of drug-likeness (QED) is 0.868. The molecule has 1 fully saturated rings. The predicted molar refractivity (Wildman–Crippen MR) is 72.6 cm³/mol. The van der Waals surface area contributed by atoms with Crippen molar-refractivity contribution in [2.45, 2.75) is 39.8 Å². The van der Waals surface area contributed by atoms with Crippen molar-refractivity contribution in [2.24, 2.45) is 11.1 Å². The zero-order valence-electron chi connectivity index (χ0n) is 11.1. The maximum atomic E-state index is 5.79. The molecule has 0 unspecified atom stereocenters. The molecule has 0 atom stereocenters. The number of likely N-dealkylation sites (tertiary alicyclic amines) is 1. The van der Waals surface area contributed by atoms with Crippen molar-refractivity contribution >= 4 is 0 Å². The van der Waals surface area contributed by atoms with Gasteiger partial charge in [0.2, 0.25) is 0 Å². The van der Waals surface area contributed by atoms with Gasteiger partial charge in [-0.05, 0) is 35.9 Å². The third kappa shape index (κ3) is 3.30. The van der Waals surface area contributed by atoms with E-state index in [1.54, 1.807) is 0 Å². The number of piperidine rings is 1.